The number of hydrogen-bond donors (Lipinski definition) is 2. The highest BCUT2D eigenvalue weighted by molar-refractivity contribution is 5.15. The molecule has 0 radical (unpaired) electrons. The maximum absolute atomic E-state index is 12.1. The Morgan fingerprint density at radius 3 is 3.10 bits per heavy atom. The second kappa shape index (κ2) is 3.83. The van der Waals surface area contributed by atoms with Gasteiger partial charge in [-0.15, -0.1) is 0 Å². The van der Waals surface area contributed by atoms with Crippen LogP contribution in [0.1, 0.15) is 24.4 Å². The van der Waals surface area contributed by atoms with Gasteiger partial charge in [0.2, 0.25) is 0 Å². The van der Waals surface area contributed by atoms with E-state index in [1.807, 2.05) is 0 Å². The first-order valence-electron chi connectivity index (χ1n) is 7.10. The molecule has 2 N–H and O–H groups in total. The van der Waals surface area contributed by atoms with E-state index in [9.17, 15) is 14.7 Å². The fourth-order valence-corrected chi connectivity index (χ4v) is 4.65. The summed E-state index contributed by atoms with van der Waals surface area (Å²) in [7, 11) is 0. The van der Waals surface area contributed by atoms with E-state index < -0.39 is 0 Å². The molecule has 2 heterocycles. The molecule has 1 aromatic heterocycles. The minimum atomic E-state index is -0.358. The van der Waals surface area contributed by atoms with Crippen molar-refractivity contribution in [1.82, 2.24) is 9.55 Å². The van der Waals surface area contributed by atoms with E-state index in [1.54, 1.807) is 17.7 Å². The fraction of sp³-hybridized carbons (Fsp3) is 0.714. The first-order valence-corrected chi connectivity index (χ1v) is 7.10. The molecule has 0 aromatic carbocycles. The van der Waals surface area contributed by atoms with Crippen molar-refractivity contribution in [3.8, 4) is 0 Å². The van der Waals surface area contributed by atoms with Gasteiger partial charge in [0.15, 0.2) is 0 Å². The number of hydrogen-bond acceptors (Lipinski definition) is 4. The Bertz CT molecular complexity index is 678. The van der Waals surface area contributed by atoms with Gasteiger partial charge in [-0.05, 0) is 31.6 Å². The van der Waals surface area contributed by atoms with Gasteiger partial charge < -0.3 is 9.84 Å². The lowest BCUT2D eigenvalue weighted by atomic mass is 9.74. The maximum atomic E-state index is 12.1. The standard InChI is InChI=1S/C14H18N2O4/c1-7-4-16(13(19)15-12(7)18)10-8-2-9-11(10)20-6-14(9,3-8)5-17/h4,8-11,17H,2-3,5-6H2,1H3,(H,15,18,19)/t8-,9-,10-,11-,14-/m1/s1. The van der Waals surface area contributed by atoms with Gasteiger partial charge >= 0.3 is 5.69 Å². The van der Waals surface area contributed by atoms with Crippen LogP contribution < -0.4 is 11.2 Å². The Morgan fingerprint density at radius 1 is 1.55 bits per heavy atom. The molecule has 3 fully saturated rings. The highest BCUT2D eigenvalue weighted by Crippen LogP contribution is 2.64. The molecule has 3 aliphatic rings. The average molecular weight is 278 g/mol. The van der Waals surface area contributed by atoms with Crippen LogP contribution in [0.15, 0.2) is 15.8 Å². The largest absolute Gasteiger partial charge is 0.396 e. The molecule has 2 saturated carbocycles. The Hall–Kier alpha value is -1.40. The number of aromatic amines is 1. The second-order valence-corrected chi connectivity index (χ2v) is 6.57. The van der Waals surface area contributed by atoms with Crippen LogP contribution in [-0.4, -0.2) is 34.0 Å². The van der Waals surface area contributed by atoms with Gasteiger partial charge in [-0.25, -0.2) is 4.79 Å². The third-order valence-electron chi connectivity index (χ3n) is 5.57. The lowest BCUT2D eigenvalue weighted by Gasteiger charge is -2.34. The predicted octanol–water partition coefficient (Wildman–Crippen LogP) is -0.197. The molecule has 4 rings (SSSR count). The van der Waals surface area contributed by atoms with E-state index in [0.717, 1.165) is 12.8 Å². The summed E-state index contributed by atoms with van der Waals surface area (Å²) in [6.07, 6.45) is 3.54. The maximum Gasteiger partial charge on any atom is 0.328 e. The molecule has 1 aliphatic heterocycles. The summed E-state index contributed by atoms with van der Waals surface area (Å²) in [5, 5.41) is 9.66. The lowest BCUT2D eigenvalue weighted by molar-refractivity contribution is 0.0624. The number of aromatic nitrogens is 2. The van der Waals surface area contributed by atoms with Crippen molar-refractivity contribution in [2.45, 2.75) is 31.9 Å². The molecule has 6 nitrogen and oxygen atoms in total. The van der Waals surface area contributed by atoms with Crippen molar-refractivity contribution < 1.29 is 9.84 Å². The smallest absolute Gasteiger partial charge is 0.328 e. The fourth-order valence-electron chi connectivity index (χ4n) is 4.65. The normalized spacial score (nSPS) is 41.5. The minimum Gasteiger partial charge on any atom is -0.396 e. The second-order valence-electron chi connectivity index (χ2n) is 6.57. The van der Waals surface area contributed by atoms with E-state index in [1.165, 1.54) is 0 Å². The highest BCUT2D eigenvalue weighted by atomic mass is 16.5. The monoisotopic (exact) mass is 278 g/mol. The van der Waals surface area contributed by atoms with E-state index in [-0.39, 0.29) is 35.4 Å². The number of ether oxygens (including phenoxy) is 1. The summed E-state index contributed by atoms with van der Waals surface area (Å²) >= 11 is 0. The van der Waals surface area contributed by atoms with Gasteiger partial charge in [0.05, 0.1) is 25.4 Å². The zero-order chi connectivity index (χ0) is 14.1. The molecular weight excluding hydrogens is 260 g/mol. The van der Waals surface area contributed by atoms with Crippen LogP contribution in [0.25, 0.3) is 0 Å². The van der Waals surface area contributed by atoms with Gasteiger partial charge in [0.1, 0.15) is 0 Å². The van der Waals surface area contributed by atoms with Gasteiger partial charge in [-0.1, -0.05) is 0 Å². The number of aryl methyl sites for hydroxylation is 1. The van der Waals surface area contributed by atoms with Crippen molar-refractivity contribution in [2.75, 3.05) is 13.2 Å². The van der Waals surface area contributed by atoms with Crippen LogP contribution in [0.2, 0.25) is 0 Å². The van der Waals surface area contributed by atoms with Crippen LogP contribution >= 0.6 is 0 Å². The molecule has 20 heavy (non-hydrogen) atoms. The number of nitrogens with zero attached hydrogens (tertiary/aromatic N) is 1. The highest BCUT2D eigenvalue weighted by Gasteiger charge is 2.65. The third kappa shape index (κ3) is 1.36. The van der Waals surface area contributed by atoms with E-state index >= 15 is 0 Å². The van der Waals surface area contributed by atoms with E-state index in [4.69, 9.17) is 4.74 Å². The van der Waals surface area contributed by atoms with Crippen molar-refractivity contribution in [3.63, 3.8) is 0 Å². The van der Waals surface area contributed by atoms with Gasteiger partial charge in [-0.3, -0.25) is 14.3 Å². The van der Waals surface area contributed by atoms with Crippen molar-refractivity contribution >= 4 is 0 Å². The summed E-state index contributed by atoms with van der Waals surface area (Å²) in [6, 6.07) is -0.00905. The molecule has 0 spiro atoms. The molecule has 2 aliphatic carbocycles. The van der Waals surface area contributed by atoms with Gasteiger partial charge in [0.25, 0.3) is 5.56 Å². The summed E-state index contributed by atoms with van der Waals surface area (Å²) in [4.78, 5) is 25.9. The zero-order valence-electron chi connectivity index (χ0n) is 11.3. The molecule has 108 valence electrons. The Labute approximate surface area is 115 Å². The van der Waals surface area contributed by atoms with Crippen molar-refractivity contribution in [2.24, 2.45) is 17.3 Å². The van der Waals surface area contributed by atoms with Crippen LogP contribution in [0.3, 0.4) is 0 Å². The Kier molecular flexibility index (Phi) is 2.36. The number of H-pyrrole nitrogens is 1. The summed E-state index contributed by atoms with van der Waals surface area (Å²) in [6.45, 7) is 2.45. The van der Waals surface area contributed by atoms with E-state index in [0.29, 0.717) is 24.0 Å². The number of nitrogens with one attached hydrogen (secondary N) is 1. The summed E-state index contributed by atoms with van der Waals surface area (Å²) in [5.41, 5.74) is -0.236. The van der Waals surface area contributed by atoms with Gasteiger partial charge in [0, 0.05) is 17.2 Å². The van der Waals surface area contributed by atoms with Crippen molar-refractivity contribution in [1.29, 1.82) is 0 Å². The molecule has 1 saturated heterocycles. The molecule has 1 aromatic rings. The predicted molar refractivity (Wildman–Crippen MR) is 70.6 cm³/mol. The molecule has 0 unspecified atom stereocenters. The minimum absolute atomic E-state index is 0.00905. The van der Waals surface area contributed by atoms with E-state index in [2.05, 4.69) is 4.98 Å². The van der Waals surface area contributed by atoms with Crippen molar-refractivity contribution in [3.05, 3.63) is 32.6 Å². The first kappa shape index (κ1) is 12.3. The van der Waals surface area contributed by atoms with Crippen LogP contribution in [0.5, 0.6) is 0 Å². The number of aliphatic hydroxyl groups excluding tert-OH is 1. The molecule has 0 amide bonds. The lowest BCUT2D eigenvalue weighted by Crippen LogP contribution is -2.42. The van der Waals surface area contributed by atoms with Crippen LogP contribution in [0, 0.1) is 24.2 Å². The Morgan fingerprint density at radius 2 is 2.35 bits per heavy atom. The van der Waals surface area contributed by atoms with Crippen LogP contribution in [0.4, 0.5) is 0 Å². The first-order chi connectivity index (χ1) is 9.55. The SMILES string of the molecule is Cc1cn([C@@H]2[C@@H]3C[C@@H]4[C@H]2OC[C@]4(CO)C3)c(=O)[nH]c1=O. The van der Waals surface area contributed by atoms with Crippen LogP contribution in [-0.2, 0) is 4.74 Å². The quantitative estimate of drug-likeness (QED) is 0.785. The number of aliphatic hydroxyl groups is 1. The summed E-state index contributed by atoms with van der Waals surface area (Å²) in [5.74, 6) is 0.685. The Balaban J connectivity index is 1.78. The topological polar surface area (TPSA) is 84.3 Å². The summed E-state index contributed by atoms with van der Waals surface area (Å²) < 4.78 is 7.54. The number of fused-ring (bicyclic) bond motifs is 1. The average Bonchev–Trinajstić information content (AvgIpc) is 3.00. The molecular formula is C14H18N2O4. The third-order valence-corrected chi connectivity index (χ3v) is 5.57. The zero-order valence-corrected chi connectivity index (χ0v) is 11.3. The number of rotatable bonds is 2. The molecule has 2 bridgehead atoms. The molecule has 5 atom stereocenters. The molecule has 6 heteroatoms. The van der Waals surface area contributed by atoms with Gasteiger partial charge in [-0.2, -0.15) is 0 Å².